The van der Waals surface area contributed by atoms with Crippen LogP contribution in [0.25, 0.3) is 0 Å². The van der Waals surface area contributed by atoms with Gasteiger partial charge in [0.05, 0.1) is 20.3 Å². The van der Waals surface area contributed by atoms with Crippen LogP contribution >= 0.6 is 11.6 Å². The standard InChI is InChI=1S/C14H20ClNO3/c1-18-11-4-3-10(14(19-2)12(11)15)13(17)9-5-7-16-8-6-9/h3-4,9,13,16-17H,5-8H2,1-2H3. The number of ether oxygens (including phenoxy) is 2. The number of piperidine rings is 1. The van der Waals surface area contributed by atoms with E-state index >= 15 is 0 Å². The number of hydrogen-bond acceptors (Lipinski definition) is 4. The Kier molecular flexibility index (Phi) is 4.91. The maximum absolute atomic E-state index is 10.5. The molecule has 1 aliphatic rings. The minimum absolute atomic E-state index is 0.236. The highest BCUT2D eigenvalue weighted by Crippen LogP contribution is 2.42. The number of rotatable bonds is 4. The summed E-state index contributed by atoms with van der Waals surface area (Å²) in [6, 6.07) is 3.60. The van der Waals surface area contributed by atoms with Gasteiger partial charge in [0, 0.05) is 5.56 Å². The van der Waals surface area contributed by atoms with Gasteiger partial charge in [-0.1, -0.05) is 11.6 Å². The molecule has 0 aliphatic carbocycles. The predicted octanol–water partition coefficient (Wildman–Crippen LogP) is 2.39. The van der Waals surface area contributed by atoms with E-state index in [1.807, 2.05) is 6.07 Å². The van der Waals surface area contributed by atoms with Crippen molar-refractivity contribution < 1.29 is 14.6 Å². The zero-order valence-electron chi connectivity index (χ0n) is 11.3. The molecule has 0 saturated carbocycles. The van der Waals surface area contributed by atoms with Crippen LogP contribution in [0.1, 0.15) is 24.5 Å². The third-order valence-electron chi connectivity index (χ3n) is 3.67. The fourth-order valence-corrected chi connectivity index (χ4v) is 2.89. The summed E-state index contributed by atoms with van der Waals surface area (Å²) >= 11 is 6.22. The topological polar surface area (TPSA) is 50.7 Å². The van der Waals surface area contributed by atoms with Gasteiger partial charge in [0.15, 0.2) is 0 Å². The molecule has 0 bridgehead atoms. The van der Waals surface area contributed by atoms with Crippen LogP contribution in [0.5, 0.6) is 11.5 Å². The first kappa shape index (κ1) is 14.4. The van der Waals surface area contributed by atoms with Gasteiger partial charge < -0.3 is 19.9 Å². The Labute approximate surface area is 118 Å². The zero-order chi connectivity index (χ0) is 13.8. The number of methoxy groups -OCH3 is 2. The maximum atomic E-state index is 10.5. The van der Waals surface area contributed by atoms with Crippen LogP contribution < -0.4 is 14.8 Å². The fraction of sp³-hybridized carbons (Fsp3) is 0.571. The molecule has 1 unspecified atom stereocenters. The van der Waals surface area contributed by atoms with Crippen LogP contribution in [0.3, 0.4) is 0 Å². The molecule has 1 heterocycles. The minimum atomic E-state index is -0.555. The van der Waals surface area contributed by atoms with Crippen LogP contribution in [-0.4, -0.2) is 32.4 Å². The normalized spacial score (nSPS) is 18.1. The van der Waals surface area contributed by atoms with Gasteiger partial charge in [-0.25, -0.2) is 0 Å². The van der Waals surface area contributed by atoms with E-state index in [4.69, 9.17) is 21.1 Å². The second-order valence-corrected chi connectivity index (χ2v) is 5.11. The molecule has 0 spiro atoms. The van der Waals surface area contributed by atoms with Gasteiger partial charge in [0.25, 0.3) is 0 Å². The molecule has 19 heavy (non-hydrogen) atoms. The van der Waals surface area contributed by atoms with Gasteiger partial charge in [-0.05, 0) is 44.0 Å². The highest BCUT2D eigenvalue weighted by atomic mass is 35.5. The van der Waals surface area contributed by atoms with E-state index in [0.717, 1.165) is 31.5 Å². The molecule has 0 radical (unpaired) electrons. The molecule has 1 atom stereocenters. The number of aliphatic hydroxyl groups is 1. The first-order valence-corrected chi connectivity index (χ1v) is 6.86. The van der Waals surface area contributed by atoms with Crippen molar-refractivity contribution in [2.24, 2.45) is 5.92 Å². The first-order chi connectivity index (χ1) is 9.19. The fourth-order valence-electron chi connectivity index (χ4n) is 2.56. The van der Waals surface area contributed by atoms with Gasteiger partial charge >= 0.3 is 0 Å². The molecule has 1 saturated heterocycles. The quantitative estimate of drug-likeness (QED) is 0.892. The van der Waals surface area contributed by atoms with Crippen molar-refractivity contribution in [3.8, 4) is 11.5 Å². The summed E-state index contributed by atoms with van der Waals surface area (Å²) in [5, 5.41) is 14.2. The van der Waals surface area contributed by atoms with Crippen molar-refractivity contribution in [2.45, 2.75) is 18.9 Å². The molecule has 2 rings (SSSR count). The number of halogens is 1. The number of nitrogens with one attached hydrogen (secondary N) is 1. The van der Waals surface area contributed by atoms with Crippen molar-refractivity contribution in [2.75, 3.05) is 27.3 Å². The Morgan fingerprint density at radius 2 is 1.95 bits per heavy atom. The molecule has 1 aromatic carbocycles. The lowest BCUT2D eigenvalue weighted by Crippen LogP contribution is -2.31. The Bertz CT molecular complexity index is 433. The Hall–Kier alpha value is -0.970. The van der Waals surface area contributed by atoms with Crippen molar-refractivity contribution in [3.05, 3.63) is 22.7 Å². The number of hydrogen-bond donors (Lipinski definition) is 2. The van der Waals surface area contributed by atoms with Gasteiger partial charge in [-0.15, -0.1) is 0 Å². The van der Waals surface area contributed by atoms with E-state index in [2.05, 4.69) is 5.32 Å². The third-order valence-corrected chi connectivity index (χ3v) is 4.02. The minimum Gasteiger partial charge on any atom is -0.495 e. The van der Waals surface area contributed by atoms with Gasteiger partial charge in [-0.2, -0.15) is 0 Å². The molecule has 2 N–H and O–H groups in total. The highest BCUT2D eigenvalue weighted by Gasteiger charge is 2.27. The lowest BCUT2D eigenvalue weighted by molar-refractivity contribution is 0.0864. The lowest BCUT2D eigenvalue weighted by atomic mass is 9.87. The highest BCUT2D eigenvalue weighted by molar-refractivity contribution is 6.33. The zero-order valence-corrected chi connectivity index (χ0v) is 12.0. The van der Waals surface area contributed by atoms with E-state index in [9.17, 15) is 5.11 Å². The van der Waals surface area contributed by atoms with E-state index in [1.54, 1.807) is 20.3 Å². The molecule has 0 aromatic heterocycles. The molecule has 4 nitrogen and oxygen atoms in total. The summed E-state index contributed by atoms with van der Waals surface area (Å²) in [6.07, 6.45) is 1.35. The lowest BCUT2D eigenvalue weighted by Gasteiger charge is -2.28. The molecule has 1 fully saturated rings. The first-order valence-electron chi connectivity index (χ1n) is 6.48. The number of aliphatic hydroxyl groups excluding tert-OH is 1. The molecule has 106 valence electrons. The van der Waals surface area contributed by atoms with Gasteiger partial charge in [-0.3, -0.25) is 0 Å². The largest absolute Gasteiger partial charge is 0.495 e. The molecule has 1 aliphatic heterocycles. The van der Waals surface area contributed by atoms with Crippen molar-refractivity contribution in [1.82, 2.24) is 5.32 Å². The Morgan fingerprint density at radius 1 is 1.26 bits per heavy atom. The van der Waals surface area contributed by atoms with E-state index in [1.165, 1.54) is 0 Å². The van der Waals surface area contributed by atoms with Crippen LogP contribution in [0, 0.1) is 5.92 Å². The average Bonchev–Trinajstić information content (AvgIpc) is 2.47. The second-order valence-electron chi connectivity index (χ2n) is 4.74. The molecule has 1 aromatic rings. The second kappa shape index (κ2) is 6.46. The molecular formula is C14H20ClNO3. The monoisotopic (exact) mass is 285 g/mol. The summed E-state index contributed by atoms with van der Waals surface area (Å²) in [5.41, 5.74) is 0.736. The predicted molar refractivity (Wildman–Crippen MR) is 75.1 cm³/mol. The SMILES string of the molecule is COc1ccc(C(O)C2CCNCC2)c(OC)c1Cl. The van der Waals surface area contributed by atoms with E-state index in [-0.39, 0.29) is 5.92 Å². The maximum Gasteiger partial charge on any atom is 0.147 e. The molecule has 5 heteroatoms. The van der Waals surface area contributed by atoms with Crippen molar-refractivity contribution in [1.29, 1.82) is 0 Å². The summed E-state index contributed by atoms with van der Waals surface area (Å²) in [6.45, 7) is 1.88. The number of benzene rings is 1. The van der Waals surface area contributed by atoms with E-state index < -0.39 is 6.10 Å². The van der Waals surface area contributed by atoms with Gasteiger partial charge in [0.1, 0.15) is 16.5 Å². The van der Waals surface area contributed by atoms with Crippen LogP contribution in [0.15, 0.2) is 12.1 Å². The van der Waals surface area contributed by atoms with Crippen molar-refractivity contribution in [3.63, 3.8) is 0 Å². The average molecular weight is 286 g/mol. The Morgan fingerprint density at radius 3 is 2.53 bits per heavy atom. The van der Waals surface area contributed by atoms with Crippen LogP contribution in [-0.2, 0) is 0 Å². The van der Waals surface area contributed by atoms with Crippen molar-refractivity contribution >= 4 is 11.6 Å². The summed E-state index contributed by atoms with van der Waals surface area (Å²) in [5.74, 6) is 1.30. The van der Waals surface area contributed by atoms with Crippen LogP contribution in [0.2, 0.25) is 5.02 Å². The molecular weight excluding hydrogens is 266 g/mol. The summed E-state index contributed by atoms with van der Waals surface area (Å²) < 4.78 is 10.5. The smallest absolute Gasteiger partial charge is 0.147 e. The summed E-state index contributed by atoms with van der Waals surface area (Å²) in [4.78, 5) is 0. The van der Waals surface area contributed by atoms with E-state index in [0.29, 0.717) is 16.5 Å². The van der Waals surface area contributed by atoms with Gasteiger partial charge in [0.2, 0.25) is 0 Å². The molecule has 0 amide bonds. The van der Waals surface area contributed by atoms with Crippen LogP contribution in [0.4, 0.5) is 0 Å². The summed E-state index contributed by atoms with van der Waals surface area (Å²) in [7, 11) is 3.11. The third kappa shape index (κ3) is 2.96. The Balaban J connectivity index is 2.30.